The number of nitrogens with zero attached hydrogens (tertiary/aromatic N) is 6. The molecule has 1 saturated carbocycles. The number of primary amides is 1. The smallest absolute Gasteiger partial charge is 0.269 e. The predicted octanol–water partition coefficient (Wildman–Crippen LogP) is 3.70. The lowest BCUT2D eigenvalue weighted by Gasteiger charge is -2.37. The van der Waals surface area contributed by atoms with E-state index >= 15 is 0 Å². The number of carbonyl (C=O) groups excluding carboxylic acids is 1. The largest absolute Gasteiger partial charge is 0.364 e. The molecule has 2 bridgehead atoms. The normalized spacial score (nSPS) is 21.8. The number of nitrogens with two attached hydrogens (primary N) is 1. The number of hydrogen-bond donors (Lipinski definition) is 1. The van der Waals surface area contributed by atoms with Gasteiger partial charge in [0, 0.05) is 12.4 Å². The molecular formula is C25H21F2N7O. The van der Waals surface area contributed by atoms with Crippen LogP contribution in [0.25, 0.3) is 17.2 Å². The van der Waals surface area contributed by atoms with E-state index in [9.17, 15) is 13.6 Å². The van der Waals surface area contributed by atoms with E-state index < -0.39 is 23.0 Å². The van der Waals surface area contributed by atoms with Gasteiger partial charge in [-0.25, -0.2) is 23.4 Å². The van der Waals surface area contributed by atoms with Gasteiger partial charge in [-0.15, -0.1) is 5.10 Å². The molecule has 1 unspecified atom stereocenters. The highest BCUT2D eigenvalue weighted by Crippen LogP contribution is 2.69. The Hall–Kier alpha value is -4.08. The van der Waals surface area contributed by atoms with E-state index in [4.69, 9.17) is 10.7 Å². The third kappa shape index (κ3) is 2.82. The molecular weight excluding hydrogens is 452 g/mol. The van der Waals surface area contributed by atoms with Gasteiger partial charge in [0.1, 0.15) is 17.3 Å². The Morgan fingerprint density at radius 3 is 2.63 bits per heavy atom. The van der Waals surface area contributed by atoms with Gasteiger partial charge in [-0.1, -0.05) is 19.9 Å². The zero-order valence-corrected chi connectivity index (χ0v) is 19.0. The summed E-state index contributed by atoms with van der Waals surface area (Å²) >= 11 is 0. The van der Waals surface area contributed by atoms with Crippen molar-refractivity contribution in [1.29, 1.82) is 0 Å². The van der Waals surface area contributed by atoms with Crippen molar-refractivity contribution in [2.45, 2.75) is 38.0 Å². The molecule has 4 aromatic rings. The molecule has 176 valence electrons. The molecule has 8 nitrogen and oxygen atoms in total. The number of halogens is 2. The summed E-state index contributed by atoms with van der Waals surface area (Å²) in [6.07, 6.45) is 4.90. The average molecular weight is 473 g/mol. The lowest BCUT2D eigenvalue weighted by Crippen LogP contribution is -2.38. The Morgan fingerprint density at radius 1 is 1.14 bits per heavy atom. The van der Waals surface area contributed by atoms with Crippen molar-refractivity contribution in [2.75, 3.05) is 0 Å². The molecule has 0 aliphatic heterocycles. The van der Waals surface area contributed by atoms with Crippen LogP contribution < -0.4 is 5.73 Å². The summed E-state index contributed by atoms with van der Waals surface area (Å²) in [5.74, 6) is -1.57. The Kier molecular flexibility index (Phi) is 4.42. The number of hydrogen-bond acceptors (Lipinski definition) is 6. The summed E-state index contributed by atoms with van der Waals surface area (Å²) in [5, 5.41) is 13.0. The molecule has 6 rings (SSSR count). The first kappa shape index (κ1) is 21.5. The maximum Gasteiger partial charge on any atom is 0.269 e. The van der Waals surface area contributed by atoms with Crippen LogP contribution in [0, 0.1) is 17.0 Å². The van der Waals surface area contributed by atoms with Crippen LogP contribution in [0.2, 0.25) is 0 Å². The number of benzene rings is 1. The van der Waals surface area contributed by atoms with Gasteiger partial charge >= 0.3 is 0 Å². The molecule has 2 N–H and O–H groups in total. The van der Waals surface area contributed by atoms with Crippen LogP contribution >= 0.6 is 0 Å². The highest BCUT2D eigenvalue weighted by Gasteiger charge is 2.65. The topological polar surface area (TPSA) is 112 Å². The van der Waals surface area contributed by atoms with Crippen LogP contribution in [0.1, 0.15) is 60.0 Å². The van der Waals surface area contributed by atoms with Crippen molar-refractivity contribution in [1.82, 2.24) is 29.9 Å². The second-order valence-corrected chi connectivity index (χ2v) is 9.60. The van der Waals surface area contributed by atoms with E-state index in [1.165, 1.54) is 28.9 Å². The minimum absolute atomic E-state index is 0.114. The van der Waals surface area contributed by atoms with Crippen molar-refractivity contribution in [2.24, 2.45) is 11.1 Å². The SMILES string of the molecule is CC1(C)[C@H]2CCC1(c1ccnc(-n3ccc(C(N)=O)n3)n1)c1nnc(-c3c(F)cccc3F)cc12. The van der Waals surface area contributed by atoms with Gasteiger partial charge in [-0.2, -0.15) is 10.2 Å². The van der Waals surface area contributed by atoms with Gasteiger partial charge in [0.15, 0.2) is 0 Å². The first-order valence-electron chi connectivity index (χ1n) is 11.3. The summed E-state index contributed by atoms with van der Waals surface area (Å²) in [5.41, 5.74) is 7.04. The fourth-order valence-corrected chi connectivity index (χ4v) is 6.02. The van der Waals surface area contributed by atoms with Crippen LogP contribution in [-0.2, 0) is 5.41 Å². The molecule has 3 heterocycles. The van der Waals surface area contributed by atoms with Crippen LogP contribution in [0.3, 0.4) is 0 Å². The number of amides is 1. The molecule has 2 aliphatic carbocycles. The second-order valence-electron chi connectivity index (χ2n) is 9.60. The number of rotatable bonds is 4. The monoisotopic (exact) mass is 473 g/mol. The van der Waals surface area contributed by atoms with Crippen LogP contribution in [0.15, 0.2) is 48.8 Å². The van der Waals surface area contributed by atoms with Crippen molar-refractivity contribution in [3.05, 3.63) is 83.1 Å². The molecule has 0 spiro atoms. The third-order valence-electron chi connectivity index (χ3n) is 7.73. The van der Waals surface area contributed by atoms with Crippen LogP contribution in [0.5, 0.6) is 0 Å². The molecule has 3 aromatic heterocycles. The molecule has 0 radical (unpaired) electrons. The molecule has 1 amide bonds. The van der Waals surface area contributed by atoms with Crippen LogP contribution in [-0.4, -0.2) is 35.9 Å². The average Bonchev–Trinajstić information content (AvgIpc) is 3.48. The molecule has 1 aromatic carbocycles. The molecule has 2 atom stereocenters. The van der Waals surface area contributed by atoms with Gasteiger partial charge in [0.05, 0.1) is 28.1 Å². The van der Waals surface area contributed by atoms with Gasteiger partial charge in [0.2, 0.25) is 0 Å². The number of carbonyl (C=O) groups is 1. The molecule has 1 fully saturated rings. The van der Waals surface area contributed by atoms with Crippen molar-refractivity contribution in [3.8, 4) is 17.2 Å². The quantitative estimate of drug-likeness (QED) is 0.484. The van der Waals surface area contributed by atoms with E-state index in [1.54, 1.807) is 18.5 Å². The molecule has 35 heavy (non-hydrogen) atoms. The minimum Gasteiger partial charge on any atom is -0.364 e. The number of fused-ring (bicyclic) bond motifs is 5. The summed E-state index contributed by atoms with van der Waals surface area (Å²) in [6, 6.07) is 8.89. The van der Waals surface area contributed by atoms with E-state index in [-0.39, 0.29) is 28.3 Å². The molecule has 0 saturated heterocycles. The highest BCUT2D eigenvalue weighted by atomic mass is 19.1. The summed E-state index contributed by atoms with van der Waals surface area (Å²) in [7, 11) is 0. The van der Waals surface area contributed by atoms with Crippen molar-refractivity contribution >= 4 is 5.91 Å². The lowest BCUT2D eigenvalue weighted by molar-refractivity contribution is 0.0995. The maximum absolute atomic E-state index is 14.5. The van der Waals surface area contributed by atoms with Gasteiger partial charge in [-0.05, 0) is 60.1 Å². The van der Waals surface area contributed by atoms with Crippen molar-refractivity contribution in [3.63, 3.8) is 0 Å². The van der Waals surface area contributed by atoms with Crippen LogP contribution in [0.4, 0.5) is 8.78 Å². The Morgan fingerprint density at radius 2 is 1.91 bits per heavy atom. The molecule has 2 aliphatic rings. The zero-order chi connectivity index (χ0) is 24.5. The minimum atomic E-state index is -0.675. The fourth-order valence-electron chi connectivity index (χ4n) is 6.02. The van der Waals surface area contributed by atoms with E-state index in [2.05, 4.69) is 34.1 Å². The highest BCUT2D eigenvalue weighted by molar-refractivity contribution is 5.90. The van der Waals surface area contributed by atoms with E-state index in [0.29, 0.717) is 5.95 Å². The van der Waals surface area contributed by atoms with E-state index in [0.717, 1.165) is 29.8 Å². The summed E-state index contributed by atoms with van der Waals surface area (Å²) in [4.78, 5) is 20.6. The molecule has 10 heteroatoms. The summed E-state index contributed by atoms with van der Waals surface area (Å²) < 4.78 is 30.3. The maximum atomic E-state index is 14.5. The van der Waals surface area contributed by atoms with E-state index in [1.807, 2.05) is 6.07 Å². The zero-order valence-electron chi connectivity index (χ0n) is 19.0. The first-order valence-corrected chi connectivity index (χ1v) is 11.3. The first-order chi connectivity index (χ1) is 16.7. The predicted molar refractivity (Wildman–Crippen MR) is 122 cm³/mol. The number of aromatic nitrogens is 6. The Balaban J connectivity index is 1.50. The van der Waals surface area contributed by atoms with Gasteiger partial charge in [0.25, 0.3) is 11.9 Å². The fraction of sp³-hybridized carbons (Fsp3) is 0.280. The Labute approximate surface area is 199 Å². The summed E-state index contributed by atoms with van der Waals surface area (Å²) in [6.45, 7) is 4.33. The Bertz CT molecular complexity index is 1500. The lowest BCUT2D eigenvalue weighted by atomic mass is 9.66. The van der Waals surface area contributed by atoms with Gasteiger partial charge < -0.3 is 5.73 Å². The standard InChI is InChI=1S/C25H21F2N7O/c1-24(2)14-6-9-25(24,19-7-10-29-23(30-19)34-11-8-17(33-34)22(28)35)21-13(14)12-18(31-32-21)20-15(26)4-3-5-16(20)27/h3-5,7-8,10-12,14H,6,9H2,1-2H3,(H2,28,35)/t14-,25?/m0/s1. The third-order valence-corrected chi connectivity index (χ3v) is 7.73. The second kappa shape index (κ2) is 7.21. The van der Waals surface area contributed by atoms with Crippen molar-refractivity contribution < 1.29 is 13.6 Å². The van der Waals surface area contributed by atoms with Gasteiger partial charge in [-0.3, -0.25) is 4.79 Å².